The smallest absolute Gasteiger partial charge is 0.311 e. The minimum absolute atomic E-state index is 0.0707. The Morgan fingerprint density at radius 1 is 0.640 bits per heavy atom. The number of carbonyl (C=O) groups is 2. The van der Waals surface area contributed by atoms with Gasteiger partial charge in [0.05, 0.1) is 39.6 Å². The Kier molecular flexibility index (Phi) is 16.0. The monoisotopic (exact) mass is 360 g/mol. The molecule has 0 radical (unpaired) electrons. The Balaban J connectivity index is 3.21. The van der Waals surface area contributed by atoms with Gasteiger partial charge in [0.15, 0.2) is 0 Å². The Hall–Kier alpha value is -2.56. The van der Waals surface area contributed by atoms with Crippen LogP contribution in [0.15, 0.2) is 10.2 Å². The third-order valence-corrected chi connectivity index (χ3v) is 2.25. The SMILES string of the molecule is [N-]=[N+]=NCC(=O)OCCOCCOCCOCCOC(=O)CN=[N+]=[N-]. The number of nitrogens with zero attached hydrogens (tertiary/aromatic N) is 6. The molecule has 25 heavy (non-hydrogen) atoms. The summed E-state index contributed by atoms with van der Waals surface area (Å²) in [4.78, 5) is 26.7. The molecule has 0 aliphatic rings. The van der Waals surface area contributed by atoms with Gasteiger partial charge < -0.3 is 23.7 Å². The van der Waals surface area contributed by atoms with Gasteiger partial charge in [0.1, 0.15) is 26.3 Å². The van der Waals surface area contributed by atoms with Crippen molar-refractivity contribution in [2.75, 3.05) is 65.9 Å². The minimum Gasteiger partial charge on any atom is -0.463 e. The maximum absolute atomic E-state index is 10.9. The van der Waals surface area contributed by atoms with E-state index < -0.39 is 11.9 Å². The first-order valence-corrected chi connectivity index (χ1v) is 7.27. The summed E-state index contributed by atoms with van der Waals surface area (Å²) in [5.74, 6) is -1.23. The first-order chi connectivity index (χ1) is 12.2. The summed E-state index contributed by atoms with van der Waals surface area (Å²) >= 11 is 0. The van der Waals surface area contributed by atoms with Gasteiger partial charge in [-0.3, -0.25) is 9.59 Å². The van der Waals surface area contributed by atoms with E-state index in [1.807, 2.05) is 0 Å². The lowest BCUT2D eigenvalue weighted by Crippen LogP contribution is -2.16. The van der Waals surface area contributed by atoms with E-state index in [2.05, 4.69) is 20.1 Å². The molecule has 0 bridgehead atoms. The largest absolute Gasteiger partial charge is 0.463 e. The van der Waals surface area contributed by atoms with Crippen molar-refractivity contribution in [2.24, 2.45) is 10.2 Å². The molecule has 140 valence electrons. The first-order valence-electron chi connectivity index (χ1n) is 7.27. The van der Waals surface area contributed by atoms with Crippen LogP contribution < -0.4 is 0 Å². The molecule has 13 nitrogen and oxygen atoms in total. The van der Waals surface area contributed by atoms with Crippen LogP contribution in [0.25, 0.3) is 20.9 Å². The van der Waals surface area contributed by atoms with E-state index in [1.165, 1.54) is 0 Å². The van der Waals surface area contributed by atoms with E-state index in [4.69, 9.17) is 34.7 Å². The number of hydrogen-bond donors (Lipinski definition) is 0. The average Bonchev–Trinajstić information content (AvgIpc) is 2.61. The summed E-state index contributed by atoms with van der Waals surface area (Å²) in [7, 11) is 0. The van der Waals surface area contributed by atoms with Crippen LogP contribution in [0, 0.1) is 0 Å². The number of rotatable bonds is 16. The molecule has 0 unspecified atom stereocenters. The minimum atomic E-state index is -0.613. The van der Waals surface area contributed by atoms with Crippen LogP contribution in [0.2, 0.25) is 0 Å². The molecule has 0 aromatic heterocycles. The number of carbonyl (C=O) groups excluding carboxylic acids is 2. The summed E-state index contributed by atoms with van der Waals surface area (Å²) in [6, 6.07) is 0. The fourth-order valence-electron chi connectivity index (χ4n) is 1.24. The summed E-state index contributed by atoms with van der Waals surface area (Å²) in [6.07, 6.45) is 0. The molecule has 0 heterocycles. The Morgan fingerprint density at radius 2 is 0.960 bits per heavy atom. The molecule has 0 aliphatic heterocycles. The number of esters is 2. The molecule has 0 aromatic rings. The first kappa shape index (κ1) is 22.4. The van der Waals surface area contributed by atoms with Gasteiger partial charge in [-0.25, -0.2) is 0 Å². The standard InChI is InChI=1S/C12H20N6O7/c13-17-15-9-11(19)24-7-5-22-3-1-21-2-4-23-6-8-25-12(20)10-16-18-14/h1-10H2. The van der Waals surface area contributed by atoms with E-state index in [1.54, 1.807) is 0 Å². The number of azide groups is 2. The van der Waals surface area contributed by atoms with Crippen molar-refractivity contribution < 1.29 is 33.3 Å². The second kappa shape index (κ2) is 17.8. The molecule has 13 heteroatoms. The zero-order valence-corrected chi connectivity index (χ0v) is 13.6. The normalized spacial score (nSPS) is 9.60. The van der Waals surface area contributed by atoms with Gasteiger partial charge in [0.25, 0.3) is 0 Å². The van der Waals surface area contributed by atoms with Crippen LogP contribution in [-0.4, -0.2) is 77.9 Å². The van der Waals surface area contributed by atoms with Gasteiger partial charge in [0.2, 0.25) is 0 Å². The van der Waals surface area contributed by atoms with Gasteiger partial charge in [-0.1, -0.05) is 10.2 Å². The predicted octanol–water partition coefficient (Wildman–Crippen LogP) is 0.743. The average molecular weight is 360 g/mol. The highest BCUT2D eigenvalue weighted by molar-refractivity contribution is 5.72. The molecule has 0 saturated carbocycles. The van der Waals surface area contributed by atoms with Crippen molar-refractivity contribution in [1.29, 1.82) is 0 Å². The molecular formula is C12H20N6O7. The molecular weight excluding hydrogens is 340 g/mol. The zero-order chi connectivity index (χ0) is 18.6. The van der Waals surface area contributed by atoms with E-state index in [0.717, 1.165) is 0 Å². The van der Waals surface area contributed by atoms with Crippen LogP contribution in [0.5, 0.6) is 0 Å². The molecule has 0 aliphatic carbocycles. The van der Waals surface area contributed by atoms with Gasteiger partial charge in [-0.05, 0) is 11.1 Å². The van der Waals surface area contributed by atoms with Crippen molar-refractivity contribution in [3.8, 4) is 0 Å². The van der Waals surface area contributed by atoms with E-state index in [-0.39, 0.29) is 39.5 Å². The third kappa shape index (κ3) is 17.6. The summed E-state index contributed by atoms with van der Waals surface area (Å²) < 4.78 is 25.0. The van der Waals surface area contributed by atoms with Crippen LogP contribution >= 0.6 is 0 Å². The molecule has 0 rings (SSSR count). The number of ether oxygens (including phenoxy) is 5. The Morgan fingerprint density at radius 3 is 1.28 bits per heavy atom. The van der Waals surface area contributed by atoms with E-state index >= 15 is 0 Å². The topological polar surface area (TPSA) is 178 Å². The van der Waals surface area contributed by atoms with Gasteiger partial charge >= 0.3 is 11.9 Å². The molecule has 0 fully saturated rings. The Labute approximate surface area is 143 Å². The van der Waals surface area contributed by atoms with Crippen molar-refractivity contribution in [2.45, 2.75) is 0 Å². The van der Waals surface area contributed by atoms with Crippen molar-refractivity contribution in [3.63, 3.8) is 0 Å². The molecule has 0 saturated heterocycles. The van der Waals surface area contributed by atoms with Gasteiger partial charge in [-0.2, -0.15) is 0 Å². The maximum Gasteiger partial charge on any atom is 0.311 e. The van der Waals surface area contributed by atoms with Gasteiger partial charge in [0, 0.05) is 9.82 Å². The highest BCUT2D eigenvalue weighted by Gasteiger charge is 2.00. The Bertz CT molecular complexity index is 435. The summed E-state index contributed by atoms with van der Waals surface area (Å²) in [5, 5.41) is 6.12. The van der Waals surface area contributed by atoms with Crippen LogP contribution in [0.1, 0.15) is 0 Å². The lowest BCUT2D eigenvalue weighted by Gasteiger charge is -2.07. The van der Waals surface area contributed by atoms with Crippen LogP contribution in [0.4, 0.5) is 0 Å². The molecule has 0 N–H and O–H groups in total. The second-order valence-electron chi connectivity index (χ2n) is 4.06. The van der Waals surface area contributed by atoms with E-state index in [0.29, 0.717) is 26.4 Å². The highest BCUT2D eigenvalue weighted by atomic mass is 16.6. The fourth-order valence-corrected chi connectivity index (χ4v) is 1.24. The number of hydrogen-bond acceptors (Lipinski definition) is 9. The van der Waals surface area contributed by atoms with Crippen molar-refractivity contribution in [1.82, 2.24) is 0 Å². The van der Waals surface area contributed by atoms with E-state index in [9.17, 15) is 9.59 Å². The van der Waals surface area contributed by atoms with Crippen LogP contribution in [0.3, 0.4) is 0 Å². The van der Waals surface area contributed by atoms with Crippen molar-refractivity contribution in [3.05, 3.63) is 20.9 Å². The molecule has 0 aromatic carbocycles. The summed E-state index contributed by atoms with van der Waals surface area (Å²) in [6.45, 7) is 1.22. The quantitative estimate of drug-likeness (QED) is 0.128. The fraction of sp³-hybridized carbons (Fsp3) is 0.833. The molecule has 0 atom stereocenters. The zero-order valence-electron chi connectivity index (χ0n) is 13.6. The van der Waals surface area contributed by atoms with Crippen molar-refractivity contribution >= 4 is 11.9 Å². The maximum atomic E-state index is 10.9. The lowest BCUT2D eigenvalue weighted by atomic mass is 10.6. The predicted molar refractivity (Wildman–Crippen MR) is 82.4 cm³/mol. The van der Waals surface area contributed by atoms with Crippen LogP contribution in [-0.2, 0) is 33.3 Å². The third-order valence-electron chi connectivity index (χ3n) is 2.25. The summed E-state index contributed by atoms with van der Waals surface area (Å²) in [5.41, 5.74) is 16.0. The molecule has 0 amide bonds. The second-order valence-corrected chi connectivity index (χ2v) is 4.06. The van der Waals surface area contributed by atoms with Gasteiger partial charge in [-0.15, -0.1) is 0 Å². The molecule has 0 spiro atoms. The highest BCUT2D eigenvalue weighted by Crippen LogP contribution is 1.86. The lowest BCUT2D eigenvalue weighted by molar-refractivity contribution is -0.144.